The van der Waals surface area contributed by atoms with Gasteiger partial charge in [0.15, 0.2) is 0 Å². The predicted octanol–water partition coefficient (Wildman–Crippen LogP) is 0.103. The topological polar surface area (TPSA) is 70.9 Å². The molecular weight excluding hydrogens is 237 g/mol. The molecule has 1 heterocycles. The summed E-state index contributed by atoms with van der Waals surface area (Å²) in [6.45, 7) is -0.177. The third kappa shape index (κ3) is 2.64. The summed E-state index contributed by atoms with van der Waals surface area (Å²) < 4.78 is 14.8. The lowest BCUT2D eigenvalue weighted by Crippen LogP contribution is -2.17. The number of aromatic nitrogens is 3. The highest BCUT2D eigenvalue weighted by Crippen LogP contribution is 2.10. The minimum atomic E-state index is -0.419. The van der Waals surface area contributed by atoms with E-state index < -0.39 is 11.5 Å². The Balaban J connectivity index is 2.32. The molecule has 0 unspecified atom stereocenters. The minimum absolute atomic E-state index is 0.0792. The second-order valence-electron chi connectivity index (χ2n) is 3.56. The number of hydrogen-bond donors (Lipinski definition) is 2. The molecule has 0 aliphatic carbocycles. The maximum atomic E-state index is 13.6. The Hall–Kier alpha value is -2.39. The SMILES string of the molecule is O=c1[nH]ncn1Cc1cc(C#CCO)ccc1F. The predicted molar refractivity (Wildman–Crippen MR) is 62.3 cm³/mol. The smallest absolute Gasteiger partial charge is 0.343 e. The number of halogens is 1. The molecule has 0 fully saturated rings. The van der Waals surface area contributed by atoms with Gasteiger partial charge in [0.1, 0.15) is 18.8 Å². The molecule has 18 heavy (non-hydrogen) atoms. The van der Waals surface area contributed by atoms with E-state index in [-0.39, 0.29) is 13.2 Å². The van der Waals surface area contributed by atoms with Crippen LogP contribution in [-0.4, -0.2) is 26.5 Å². The molecule has 0 amide bonds. The summed E-state index contributed by atoms with van der Waals surface area (Å²) in [4.78, 5) is 11.3. The van der Waals surface area contributed by atoms with E-state index in [1.54, 1.807) is 0 Å². The Bertz CT molecular complexity index is 664. The highest BCUT2D eigenvalue weighted by molar-refractivity contribution is 5.37. The summed E-state index contributed by atoms with van der Waals surface area (Å²) in [6.07, 6.45) is 1.30. The van der Waals surface area contributed by atoms with Gasteiger partial charge in [-0.25, -0.2) is 14.3 Å². The summed E-state index contributed by atoms with van der Waals surface area (Å²) in [7, 11) is 0. The molecule has 2 aromatic rings. The molecule has 0 bridgehead atoms. The molecule has 0 atom stereocenters. The van der Waals surface area contributed by atoms with E-state index in [4.69, 9.17) is 5.11 Å². The van der Waals surface area contributed by atoms with Crippen molar-refractivity contribution in [3.05, 3.63) is 52.0 Å². The number of H-pyrrole nitrogens is 1. The lowest BCUT2D eigenvalue weighted by atomic mass is 10.1. The number of aliphatic hydroxyl groups is 1. The van der Waals surface area contributed by atoms with Gasteiger partial charge in [0.25, 0.3) is 0 Å². The largest absolute Gasteiger partial charge is 0.384 e. The second kappa shape index (κ2) is 5.29. The molecule has 2 rings (SSSR count). The molecule has 0 aliphatic rings. The Morgan fingerprint density at radius 2 is 2.33 bits per heavy atom. The van der Waals surface area contributed by atoms with Gasteiger partial charge in [-0.3, -0.25) is 4.57 Å². The zero-order chi connectivity index (χ0) is 13.0. The molecule has 2 N–H and O–H groups in total. The zero-order valence-electron chi connectivity index (χ0n) is 9.35. The van der Waals surface area contributed by atoms with Gasteiger partial charge in [0, 0.05) is 11.1 Å². The molecule has 1 aromatic carbocycles. The van der Waals surface area contributed by atoms with Crippen LogP contribution in [0.3, 0.4) is 0 Å². The number of rotatable bonds is 2. The Morgan fingerprint density at radius 1 is 1.50 bits per heavy atom. The first kappa shape index (κ1) is 12.1. The molecule has 92 valence electrons. The first-order valence-corrected chi connectivity index (χ1v) is 5.18. The molecular formula is C12H10FN3O2. The van der Waals surface area contributed by atoms with E-state index in [9.17, 15) is 9.18 Å². The Kier molecular flexibility index (Phi) is 3.55. The van der Waals surface area contributed by atoms with E-state index in [2.05, 4.69) is 22.0 Å². The fraction of sp³-hybridized carbons (Fsp3) is 0.167. The maximum absolute atomic E-state index is 13.6. The van der Waals surface area contributed by atoms with Crippen LogP contribution in [0.1, 0.15) is 11.1 Å². The average molecular weight is 247 g/mol. The van der Waals surface area contributed by atoms with Gasteiger partial charge < -0.3 is 5.11 Å². The summed E-state index contributed by atoms with van der Waals surface area (Å²) in [5.74, 6) is 4.74. The van der Waals surface area contributed by atoms with Crippen LogP contribution in [0.25, 0.3) is 0 Å². The van der Waals surface area contributed by atoms with Gasteiger partial charge >= 0.3 is 5.69 Å². The fourth-order valence-electron chi connectivity index (χ4n) is 1.48. The molecule has 0 spiro atoms. The third-order valence-corrected chi connectivity index (χ3v) is 2.32. The highest BCUT2D eigenvalue weighted by atomic mass is 19.1. The van der Waals surface area contributed by atoms with Gasteiger partial charge in [0.2, 0.25) is 0 Å². The van der Waals surface area contributed by atoms with Crippen molar-refractivity contribution < 1.29 is 9.50 Å². The number of benzene rings is 1. The van der Waals surface area contributed by atoms with Crippen molar-refractivity contribution in [1.29, 1.82) is 0 Å². The Labute approximate surface area is 102 Å². The first-order chi connectivity index (χ1) is 8.70. The van der Waals surface area contributed by atoms with Crippen LogP contribution in [-0.2, 0) is 6.54 Å². The van der Waals surface area contributed by atoms with E-state index >= 15 is 0 Å². The number of aliphatic hydroxyl groups excluding tert-OH is 1. The highest BCUT2D eigenvalue weighted by Gasteiger charge is 2.05. The van der Waals surface area contributed by atoms with Crippen LogP contribution in [0.15, 0.2) is 29.3 Å². The van der Waals surface area contributed by atoms with E-state index in [0.29, 0.717) is 11.1 Å². The molecule has 1 aromatic heterocycles. The fourth-order valence-corrected chi connectivity index (χ4v) is 1.48. The molecule has 6 heteroatoms. The monoisotopic (exact) mass is 247 g/mol. The van der Waals surface area contributed by atoms with Crippen molar-refractivity contribution in [3.8, 4) is 11.8 Å². The van der Waals surface area contributed by atoms with Gasteiger partial charge in [-0.1, -0.05) is 11.8 Å². The zero-order valence-corrected chi connectivity index (χ0v) is 9.35. The van der Waals surface area contributed by atoms with Gasteiger partial charge in [0.05, 0.1) is 6.54 Å². The van der Waals surface area contributed by atoms with Crippen molar-refractivity contribution in [2.45, 2.75) is 6.54 Å². The number of hydrogen-bond acceptors (Lipinski definition) is 3. The summed E-state index contributed by atoms with van der Waals surface area (Å²) in [6, 6.07) is 4.33. The lowest BCUT2D eigenvalue weighted by molar-refractivity contribution is 0.350. The lowest BCUT2D eigenvalue weighted by Gasteiger charge is -2.03. The number of nitrogens with zero attached hydrogens (tertiary/aromatic N) is 2. The van der Waals surface area contributed by atoms with Crippen molar-refractivity contribution in [2.75, 3.05) is 6.61 Å². The first-order valence-electron chi connectivity index (χ1n) is 5.18. The van der Waals surface area contributed by atoms with E-state index in [1.807, 2.05) is 0 Å². The van der Waals surface area contributed by atoms with Crippen molar-refractivity contribution in [2.24, 2.45) is 0 Å². The van der Waals surface area contributed by atoms with Gasteiger partial charge in [-0.2, -0.15) is 5.10 Å². The van der Waals surface area contributed by atoms with Crippen LogP contribution in [0.4, 0.5) is 4.39 Å². The third-order valence-electron chi connectivity index (χ3n) is 2.32. The van der Waals surface area contributed by atoms with Crippen molar-refractivity contribution in [1.82, 2.24) is 14.8 Å². The standard InChI is InChI=1S/C12H10FN3O2/c13-11-4-3-9(2-1-5-17)6-10(11)7-16-8-14-15-12(16)18/h3-4,6,8,17H,5,7H2,(H,15,18). The number of nitrogens with one attached hydrogen (secondary N) is 1. The van der Waals surface area contributed by atoms with Crippen molar-refractivity contribution in [3.63, 3.8) is 0 Å². The summed E-state index contributed by atoms with van der Waals surface area (Å²) in [5.41, 5.74) is 0.515. The molecule has 0 saturated carbocycles. The number of aromatic amines is 1. The summed E-state index contributed by atoms with van der Waals surface area (Å²) in [5, 5.41) is 14.4. The van der Waals surface area contributed by atoms with Crippen molar-refractivity contribution >= 4 is 0 Å². The summed E-state index contributed by atoms with van der Waals surface area (Å²) >= 11 is 0. The van der Waals surface area contributed by atoms with E-state index in [0.717, 1.165) is 0 Å². The van der Waals surface area contributed by atoms with Crippen LogP contribution in [0, 0.1) is 17.7 Å². The maximum Gasteiger partial charge on any atom is 0.343 e. The van der Waals surface area contributed by atoms with Gasteiger partial charge in [-0.15, -0.1) is 0 Å². The quantitative estimate of drug-likeness (QED) is 0.739. The average Bonchev–Trinajstić information content (AvgIpc) is 2.76. The molecule has 0 saturated heterocycles. The van der Waals surface area contributed by atoms with E-state index in [1.165, 1.54) is 29.1 Å². The van der Waals surface area contributed by atoms with Crippen LogP contribution in [0.2, 0.25) is 0 Å². The normalized spacial score (nSPS) is 9.89. The molecule has 0 radical (unpaired) electrons. The van der Waals surface area contributed by atoms with Gasteiger partial charge in [-0.05, 0) is 18.2 Å². The minimum Gasteiger partial charge on any atom is -0.384 e. The van der Waals surface area contributed by atoms with Crippen LogP contribution in [0.5, 0.6) is 0 Å². The molecule has 5 nitrogen and oxygen atoms in total. The van der Waals surface area contributed by atoms with Crippen LogP contribution >= 0.6 is 0 Å². The van der Waals surface area contributed by atoms with Crippen LogP contribution < -0.4 is 5.69 Å². The molecule has 0 aliphatic heterocycles. The second-order valence-corrected chi connectivity index (χ2v) is 3.56. The Morgan fingerprint density at radius 3 is 3.00 bits per heavy atom.